The molecule has 1 fully saturated rings. The molecule has 0 bridgehead atoms. The molecule has 1 aromatic rings. The van der Waals surface area contributed by atoms with E-state index in [-0.39, 0.29) is 30.2 Å². The van der Waals surface area contributed by atoms with Crippen molar-refractivity contribution in [1.82, 2.24) is 4.90 Å². The van der Waals surface area contributed by atoms with Gasteiger partial charge in [0.25, 0.3) is 0 Å². The van der Waals surface area contributed by atoms with Crippen LogP contribution < -0.4 is 0 Å². The smallest absolute Gasteiger partial charge is 0.417 e. The molecule has 1 aromatic carbocycles. The Balaban J connectivity index is 2.20. The van der Waals surface area contributed by atoms with E-state index in [0.717, 1.165) is 5.56 Å². The SMILES string of the molecule is C[C@@H](S)CC(=O)N1C(=O)OC[C@@H]1c1ccccc1. The van der Waals surface area contributed by atoms with Gasteiger partial charge in [-0.3, -0.25) is 4.79 Å². The fourth-order valence-electron chi connectivity index (χ4n) is 1.97. The number of benzene rings is 1. The molecule has 18 heavy (non-hydrogen) atoms. The van der Waals surface area contributed by atoms with Crippen molar-refractivity contribution in [2.45, 2.75) is 24.6 Å². The minimum Gasteiger partial charge on any atom is -0.446 e. The number of hydrogen-bond acceptors (Lipinski definition) is 4. The largest absolute Gasteiger partial charge is 0.446 e. The van der Waals surface area contributed by atoms with Crippen LogP contribution in [0.5, 0.6) is 0 Å². The molecule has 96 valence electrons. The normalized spacial score (nSPS) is 20.7. The van der Waals surface area contributed by atoms with Crippen molar-refractivity contribution in [1.29, 1.82) is 0 Å². The molecule has 0 spiro atoms. The van der Waals surface area contributed by atoms with Gasteiger partial charge in [0.05, 0.1) is 0 Å². The topological polar surface area (TPSA) is 46.6 Å². The zero-order chi connectivity index (χ0) is 13.1. The van der Waals surface area contributed by atoms with E-state index in [1.807, 2.05) is 37.3 Å². The van der Waals surface area contributed by atoms with Crippen LogP contribution in [0.15, 0.2) is 30.3 Å². The molecule has 1 heterocycles. The second kappa shape index (κ2) is 5.44. The van der Waals surface area contributed by atoms with Gasteiger partial charge in [0.2, 0.25) is 5.91 Å². The first kappa shape index (κ1) is 13.0. The van der Waals surface area contributed by atoms with Gasteiger partial charge in [-0.15, -0.1) is 0 Å². The van der Waals surface area contributed by atoms with Crippen LogP contribution in [-0.4, -0.2) is 28.8 Å². The van der Waals surface area contributed by atoms with E-state index in [1.54, 1.807) is 0 Å². The summed E-state index contributed by atoms with van der Waals surface area (Å²) in [7, 11) is 0. The van der Waals surface area contributed by atoms with Crippen LogP contribution in [0, 0.1) is 0 Å². The molecule has 2 rings (SSSR count). The Hall–Kier alpha value is -1.49. The summed E-state index contributed by atoms with van der Waals surface area (Å²) in [5.41, 5.74) is 0.906. The first-order valence-corrected chi connectivity index (χ1v) is 6.33. The predicted octanol–water partition coefficient (Wildman–Crippen LogP) is 2.41. The van der Waals surface area contributed by atoms with Crippen molar-refractivity contribution in [2.75, 3.05) is 6.61 Å². The quantitative estimate of drug-likeness (QED) is 0.854. The molecule has 5 heteroatoms. The third kappa shape index (κ3) is 2.67. The fraction of sp³-hybridized carbons (Fsp3) is 0.385. The highest BCUT2D eigenvalue weighted by Crippen LogP contribution is 2.28. The van der Waals surface area contributed by atoms with Crippen LogP contribution in [-0.2, 0) is 9.53 Å². The summed E-state index contributed by atoms with van der Waals surface area (Å²) in [4.78, 5) is 24.9. The maximum absolute atomic E-state index is 12.0. The van der Waals surface area contributed by atoms with E-state index in [4.69, 9.17) is 4.74 Å². The van der Waals surface area contributed by atoms with Crippen LogP contribution in [0.4, 0.5) is 4.79 Å². The van der Waals surface area contributed by atoms with Crippen molar-refractivity contribution >= 4 is 24.6 Å². The number of carbonyl (C=O) groups is 2. The van der Waals surface area contributed by atoms with Crippen LogP contribution in [0.3, 0.4) is 0 Å². The van der Waals surface area contributed by atoms with E-state index < -0.39 is 6.09 Å². The highest BCUT2D eigenvalue weighted by Gasteiger charge is 2.38. The standard InChI is InChI=1S/C13H15NO3S/c1-9(18)7-12(15)14-11(8-17-13(14)16)10-5-3-2-4-6-10/h2-6,9,11,18H,7-8H2,1H3/t9-,11-/m1/s1. The van der Waals surface area contributed by atoms with Crippen molar-refractivity contribution in [3.63, 3.8) is 0 Å². The zero-order valence-electron chi connectivity index (χ0n) is 10.1. The number of ether oxygens (including phenoxy) is 1. The molecule has 1 saturated heterocycles. The van der Waals surface area contributed by atoms with Crippen LogP contribution >= 0.6 is 12.6 Å². The maximum Gasteiger partial charge on any atom is 0.417 e. The summed E-state index contributed by atoms with van der Waals surface area (Å²) in [6, 6.07) is 9.10. The van der Waals surface area contributed by atoms with Gasteiger partial charge in [-0.05, 0) is 5.56 Å². The minimum atomic E-state index is -0.567. The van der Waals surface area contributed by atoms with E-state index in [2.05, 4.69) is 12.6 Å². The lowest BCUT2D eigenvalue weighted by molar-refractivity contribution is -0.129. The second-order valence-corrected chi connectivity index (χ2v) is 5.20. The van der Waals surface area contributed by atoms with Crippen molar-refractivity contribution in [3.8, 4) is 0 Å². The number of carbonyl (C=O) groups excluding carboxylic acids is 2. The summed E-state index contributed by atoms with van der Waals surface area (Å²) >= 11 is 4.18. The molecule has 0 aromatic heterocycles. The summed E-state index contributed by atoms with van der Waals surface area (Å²) < 4.78 is 4.98. The van der Waals surface area contributed by atoms with Gasteiger partial charge in [0.1, 0.15) is 12.6 Å². The maximum atomic E-state index is 12.0. The van der Waals surface area contributed by atoms with E-state index >= 15 is 0 Å². The number of nitrogens with zero attached hydrogens (tertiary/aromatic N) is 1. The lowest BCUT2D eigenvalue weighted by Gasteiger charge is -2.20. The zero-order valence-corrected chi connectivity index (χ0v) is 11.0. The number of imide groups is 1. The highest BCUT2D eigenvalue weighted by atomic mass is 32.1. The Morgan fingerprint density at radius 3 is 2.78 bits per heavy atom. The summed E-state index contributed by atoms with van der Waals surface area (Å²) in [6.45, 7) is 2.04. The molecular weight excluding hydrogens is 250 g/mol. The predicted molar refractivity (Wildman–Crippen MR) is 70.4 cm³/mol. The van der Waals surface area contributed by atoms with E-state index in [1.165, 1.54) is 4.90 Å². The summed E-state index contributed by atoms with van der Waals surface area (Å²) in [5, 5.41) is -0.0812. The third-order valence-corrected chi connectivity index (χ3v) is 2.98. The van der Waals surface area contributed by atoms with Gasteiger partial charge in [-0.1, -0.05) is 37.3 Å². The molecule has 0 unspecified atom stereocenters. The lowest BCUT2D eigenvalue weighted by atomic mass is 10.1. The van der Waals surface area contributed by atoms with Crippen molar-refractivity contribution in [2.24, 2.45) is 0 Å². The Morgan fingerprint density at radius 1 is 1.50 bits per heavy atom. The number of hydrogen-bond donors (Lipinski definition) is 1. The number of amides is 2. The highest BCUT2D eigenvalue weighted by molar-refractivity contribution is 7.80. The number of rotatable bonds is 3. The minimum absolute atomic E-state index is 0.0812. The summed E-state index contributed by atoms with van der Waals surface area (Å²) in [6.07, 6.45) is -0.343. The van der Waals surface area contributed by atoms with Crippen LogP contribution in [0.25, 0.3) is 0 Å². The molecule has 0 saturated carbocycles. The van der Waals surface area contributed by atoms with Gasteiger partial charge in [-0.25, -0.2) is 9.69 Å². The monoisotopic (exact) mass is 265 g/mol. The molecule has 0 N–H and O–H groups in total. The molecule has 0 aliphatic carbocycles. The van der Waals surface area contributed by atoms with Gasteiger partial charge in [-0.2, -0.15) is 12.6 Å². The van der Waals surface area contributed by atoms with Crippen molar-refractivity contribution in [3.05, 3.63) is 35.9 Å². The number of cyclic esters (lactones) is 1. The van der Waals surface area contributed by atoms with E-state index in [9.17, 15) is 9.59 Å². The second-order valence-electron chi connectivity index (χ2n) is 4.32. The molecular formula is C13H15NO3S. The Kier molecular flexibility index (Phi) is 3.91. The average Bonchev–Trinajstić information content (AvgIpc) is 2.71. The summed E-state index contributed by atoms with van der Waals surface area (Å²) in [5.74, 6) is -0.242. The third-order valence-electron chi connectivity index (χ3n) is 2.80. The van der Waals surface area contributed by atoms with Gasteiger partial charge in [0.15, 0.2) is 0 Å². The van der Waals surface area contributed by atoms with Crippen LogP contribution in [0.1, 0.15) is 24.9 Å². The average molecular weight is 265 g/mol. The molecule has 2 atom stereocenters. The molecule has 1 aliphatic rings. The van der Waals surface area contributed by atoms with Crippen LogP contribution in [0.2, 0.25) is 0 Å². The Bertz CT molecular complexity index is 447. The van der Waals surface area contributed by atoms with E-state index in [0.29, 0.717) is 0 Å². The Labute approximate surface area is 111 Å². The fourth-order valence-corrected chi connectivity index (χ4v) is 2.12. The van der Waals surface area contributed by atoms with Crippen molar-refractivity contribution < 1.29 is 14.3 Å². The van der Waals surface area contributed by atoms with Gasteiger partial charge < -0.3 is 4.74 Å². The first-order valence-electron chi connectivity index (χ1n) is 5.81. The molecule has 2 amide bonds. The molecule has 4 nitrogen and oxygen atoms in total. The Morgan fingerprint density at radius 2 is 2.17 bits per heavy atom. The lowest BCUT2D eigenvalue weighted by Crippen LogP contribution is -2.35. The first-order chi connectivity index (χ1) is 8.59. The molecule has 1 aliphatic heterocycles. The van der Waals surface area contributed by atoms with Gasteiger partial charge >= 0.3 is 6.09 Å². The molecule has 0 radical (unpaired) electrons. The number of thiol groups is 1. The van der Waals surface area contributed by atoms with Gasteiger partial charge in [0, 0.05) is 11.7 Å².